The van der Waals surface area contributed by atoms with Crippen molar-refractivity contribution in [1.29, 1.82) is 0 Å². The second-order valence-corrected chi connectivity index (χ2v) is 6.56. The van der Waals surface area contributed by atoms with E-state index in [1.165, 1.54) is 0 Å². The molecular formula is C22H29NO5. The van der Waals surface area contributed by atoms with Gasteiger partial charge in [0.25, 0.3) is 5.91 Å². The molecule has 0 aliphatic heterocycles. The Morgan fingerprint density at radius 1 is 0.964 bits per heavy atom. The van der Waals surface area contributed by atoms with Gasteiger partial charge < -0.3 is 24.3 Å². The normalized spacial score (nSPS) is 11.6. The summed E-state index contributed by atoms with van der Waals surface area (Å²) in [6, 6.07) is 12.6. The standard InChI is InChI=1S/C22H29NO5/c1-6-26-18-8-10-19(11-9-18)27-14-22(24)23-16(4)17-7-12-20(28-15(2)3)21(13-17)25-5/h7-13,15-16H,6,14H2,1-5H3,(H,23,24). The first-order valence-electron chi connectivity index (χ1n) is 9.42. The average Bonchev–Trinajstić information content (AvgIpc) is 2.67. The van der Waals surface area contributed by atoms with Gasteiger partial charge in [-0.15, -0.1) is 0 Å². The van der Waals surface area contributed by atoms with Gasteiger partial charge in [-0.25, -0.2) is 0 Å². The third-order valence-corrected chi connectivity index (χ3v) is 3.93. The summed E-state index contributed by atoms with van der Waals surface area (Å²) in [4.78, 5) is 12.2. The topological polar surface area (TPSA) is 66.0 Å². The molecule has 1 unspecified atom stereocenters. The number of rotatable bonds is 10. The second-order valence-electron chi connectivity index (χ2n) is 6.56. The molecule has 0 aromatic heterocycles. The molecule has 0 saturated heterocycles. The smallest absolute Gasteiger partial charge is 0.258 e. The summed E-state index contributed by atoms with van der Waals surface area (Å²) in [6.07, 6.45) is 0.0524. The first kappa shape index (κ1) is 21.4. The minimum Gasteiger partial charge on any atom is -0.494 e. The molecule has 0 bridgehead atoms. The van der Waals surface area contributed by atoms with Gasteiger partial charge in [-0.05, 0) is 69.7 Å². The van der Waals surface area contributed by atoms with Crippen LogP contribution in [-0.2, 0) is 4.79 Å². The van der Waals surface area contributed by atoms with Crippen molar-refractivity contribution in [2.75, 3.05) is 20.3 Å². The van der Waals surface area contributed by atoms with E-state index in [0.717, 1.165) is 11.3 Å². The fraction of sp³-hybridized carbons (Fsp3) is 0.409. The zero-order chi connectivity index (χ0) is 20.5. The molecule has 152 valence electrons. The fourth-order valence-electron chi connectivity index (χ4n) is 2.62. The monoisotopic (exact) mass is 387 g/mol. The van der Waals surface area contributed by atoms with Crippen LogP contribution in [0.3, 0.4) is 0 Å². The summed E-state index contributed by atoms with van der Waals surface area (Å²) >= 11 is 0. The third-order valence-electron chi connectivity index (χ3n) is 3.93. The van der Waals surface area contributed by atoms with E-state index >= 15 is 0 Å². The van der Waals surface area contributed by atoms with Crippen molar-refractivity contribution in [1.82, 2.24) is 5.32 Å². The van der Waals surface area contributed by atoms with Gasteiger partial charge in [0.2, 0.25) is 0 Å². The molecule has 1 amide bonds. The second kappa shape index (κ2) is 10.4. The number of amides is 1. The summed E-state index contributed by atoms with van der Waals surface area (Å²) < 4.78 is 22.0. The lowest BCUT2D eigenvalue weighted by atomic mass is 10.1. The Balaban J connectivity index is 1.90. The van der Waals surface area contributed by atoms with E-state index in [4.69, 9.17) is 18.9 Å². The Labute approximate surface area is 166 Å². The van der Waals surface area contributed by atoms with Crippen molar-refractivity contribution >= 4 is 5.91 Å². The highest BCUT2D eigenvalue weighted by Crippen LogP contribution is 2.31. The molecule has 0 aliphatic carbocycles. The molecule has 1 atom stereocenters. The number of nitrogens with one attached hydrogen (secondary N) is 1. The molecule has 2 rings (SSSR count). The molecule has 0 heterocycles. The lowest BCUT2D eigenvalue weighted by molar-refractivity contribution is -0.123. The largest absolute Gasteiger partial charge is 0.494 e. The Bertz CT molecular complexity index is 758. The van der Waals surface area contributed by atoms with E-state index in [2.05, 4.69) is 5.32 Å². The van der Waals surface area contributed by atoms with Gasteiger partial charge in [0.05, 0.1) is 25.9 Å². The van der Waals surface area contributed by atoms with Gasteiger partial charge in [-0.3, -0.25) is 4.79 Å². The minimum absolute atomic E-state index is 0.0524. The molecule has 2 aromatic rings. The molecule has 28 heavy (non-hydrogen) atoms. The number of carbonyl (C=O) groups is 1. The van der Waals surface area contributed by atoms with E-state index in [1.807, 2.05) is 58.0 Å². The van der Waals surface area contributed by atoms with E-state index in [-0.39, 0.29) is 24.7 Å². The summed E-state index contributed by atoms with van der Waals surface area (Å²) in [7, 11) is 1.60. The molecular weight excluding hydrogens is 358 g/mol. The van der Waals surface area contributed by atoms with E-state index in [1.54, 1.807) is 19.2 Å². The van der Waals surface area contributed by atoms with Crippen molar-refractivity contribution in [3.63, 3.8) is 0 Å². The van der Waals surface area contributed by atoms with Crippen molar-refractivity contribution in [2.45, 2.75) is 39.8 Å². The predicted molar refractivity (Wildman–Crippen MR) is 108 cm³/mol. The van der Waals surface area contributed by atoms with Crippen LogP contribution in [0.5, 0.6) is 23.0 Å². The van der Waals surface area contributed by atoms with Crippen molar-refractivity contribution in [3.05, 3.63) is 48.0 Å². The summed E-state index contributed by atoms with van der Waals surface area (Å²) in [5, 5.41) is 2.92. The first-order chi connectivity index (χ1) is 13.4. The Hall–Kier alpha value is -2.89. The molecule has 0 spiro atoms. The Morgan fingerprint density at radius 3 is 2.18 bits per heavy atom. The van der Waals surface area contributed by atoms with Crippen LogP contribution in [-0.4, -0.2) is 32.3 Å². The highest BCUT2D eigenvalue weighted by atomic mass is 16.5. The van der Waals surface area contributed by atoms with Crippen LogP contribution in [0.15, 0.2) is 42.5 Å². The molecule has 6 nitrogen and oxygen atoms in total. The van der Waals surface area contributed by atoms with Crippen LogP contribution in [0.4, 0.5) is 0 Å². The number of hydrogen-bond acceptors (Lipinski definition) is 5. The Morgan fingerprint density at radius 2 is 1.61 bits per heavy atom. The molecule has 2 aromatic carbocycles. The van der Waals surface area contributed by atoms with Crippen LogP contribution < -0.4 is 24.3 Å². The lowest BCUT2D eigenvalue weighted by Crippen LogP contribution is -2.31. The highest BCUT2D eigenvalue weighted by molar-refractivity contribution is 5.78. The molecule has 0 saturated carbocycles. The minimum atomic E-state index is -0.206. The fourth-order valence-corrected chi connectivity index (χ4v) is 2.62. The number of methoxy groups -OCH3 is 1. The number of benzene rings is 2. The quantitative estimate of drug-likeness (QED) is 0.664. The van der Waals surface area contributed by atoms with Crippen LogP contribution in [0.25, 0.3) is 0 Å². The SMILES string of the molecule is CCOc1ccc(OCC(=O)NC(C)c2ccc(OC(C)C)c(OC)c2)cc1. The van der Waals surface area contributed by atoms with Gasteiger partial charge in [-0.1, -0.05) is 6.07 Å². The maximum Gasteiger partial charge on any atom is 0.258 e. The van der Waals surface area contributed by atoms with Gasteiger partial charge >= 0.3 is 0 Å². The zero-order valence-electron chi connectivity index (χ0n) is 17.2. The van der Waals surface area contributed by atoms with Crippen LogP contribution in [0, 0.1) is 0 Å². The van der Waals surface area contributed by atoms with Crippen LogP contribution in [0.1, 0.15) is 39.3 Å². The van der Waals surface area contributed by atoms with Crippen LogP contribution in [0.2, 0.25) is 0 Å². The summed E-state index contributed by atoms with van der Waals surface area (Å²) in [5.41, 5.74) is 0.919. The molecule has 1 N–H and O–H groups in total. The molecule has 0 fully saturated rings. The molecule has 0 aliphatic rings. The van der Waals surface area contributed by atoms with E-state index in [9.17, 15) is 4.79 Å². The summed E-state index contributed by atoms with van der Waals surface area (Å²) in [6.45, 7) is 8.30. The first-order valence-corrected chi connectivity index (χ1v) is 9.42. The number of carbonyl (C=O) groups excluding carboxylic acids is 1. The van der Waals surface area contributed by atoms with Crippen molar-refractivity contribution in [2.24, 2.45) is 0 Å². The molecule has 0 radical (unpaired) electrons. The lowest BCUT2D eigenvalue weighted by Gasteiger charge is -2.18. The Kier molecular flexibility index (Phi) is 7.99. The third kappa shape index (κ3) is 6.37. The van der Waals surface area contributed by atoms with Crippen molar-refractivity contribution in [3.8, 4) is 23.0 Å². The van der Waals surface area contributed by atoms with Crippen molar-refractivity contribution < 1.29 is 23.7 Å². The van der Waals surface area contributed by atoms with E-state index < -0.39 is 0 Å². The predicted octanol–water partition coefficient (Wildman–Crippen LogP) is 4.14. The number of ether oxygens (including phenoxy) is 4. The molecule has 6 heteroatoms. The number of hydrogen-bond donors (Lipinski definition) is 1. The van der Waals surface area contributed by atoms with Gasteiger partial charge in [-0.2, -0.15) is 0 Å². The zero-order valence-corrected chi connectivity index (χ0v) is 17.2. The van der Waals surface area contributed by atoms with E-state index in [0.29, 0.717) is 23.9 Å². The highest BCUT2D eigenvalue weighted by Gasteiger charge is 2.14. The maximum atomic E-state index is 12.2. The van der Waals surface area contributed by atoms with Crippen LogP contribution >= 0.6 is 0 Å². The average molecular weight is 387 g/mol. The maximum absolute atomic E-state index is 12.2. The van der Waals surface area contributed by atoms with Gasteiger partial charge in [0, 0.05) is 0 Å². The van der Waals surface area contributed by atoms with Gasteiger partial charge in [0.15, 0.2) is 18.1 Å². The van der Waals surface area contributed by atoms with Gasteiger partial charge in [0.1, 0.15) is 11.5 Å². The summed E-state index contributed by atoms with van der Waals surface area (Å²) in [5.74, 6) is 2.49.